The Bertz CT molecular complexity index is 866. The van der Waals surface area contributed by atoms with Gasteiger partial charge >= 0.3 is 0 Å². The molecule has 0 aliphatic heterocycles. The van der Waals surface area contributed by atoms with Gasteiger partial charge in [-0.1, -0.05) is 63.9 Å². The van der Waals surface area contributed by atoms with E-state index in [4.69, 9.17) is 5.73 Å². The van der Waals surface area contributed by atoms with Crippen LogP contribution in [0.4, 0.5) is 0 Å². The van der Waals surface area contributed by atoms with Crippen molar-refractivity contribution in [2.45, 2.75) is 51.9 Å². The lowest BCUT2D eigenvalue weighted by molar-refractivity contribution is 0.0979. The second kappa shape index (κ2) is 7.77. The first-order chi connectivity index (χ1) is 12.8. The van der Waals surface area contributed by atoms with E-state index in [9.17, 15) is 9.59 Å². The highest BCUT2D eigenvalue weighted by Crippen LogP contribution is 2.34. The second-order valence-corrected chi connectivity index (χ2v) is 8.42. The van der Waals surface area contributed by atoms with E-state index in [2.05, 4.69) is 20.8 Å². The lowest BCUT2D eigenvalue weighted by Crippen LogP contribution is -2.23. The van der Waals surface area contributed by atoms with Gasteiger partial charge in [0.2, 0.25) is 0 Å². The van der Waals surface area contributed by atoms with Gasteiger partial charge in [0.1, 0.15) is 0 Å². The first-order valence-corrected chi connectivity index (χ1v) is 9.88. The minimum atomic E-state index is -0.0554. The summed E-state index contributed by atoms with van der Waals surface area (Å²) in [4.78, 5) is 25.7. The van der Waals surface area contributed by atoms with Gasteiger partial charge in [0.05, 0.1) is 0 Å². The van der Waals surface area contributed by atoms with Crippen molar-refractivity contribution >= 4 is 11.6 Å². The monoisotopic (exact) mass is 363 g/mol. The van der Waals surface area contributed by atoms with Crippen LogP contribution >= 0.6 is 0 Å². The van der Waals surface area contributed by atoms with Crippen LogP contribution < -0.4 is 5.73 Å². The molecule has 2 aromatic rings. The Balaban J connectivity index is 1.83. The molecule has 0 spiro atoms. The number of carbonyl (C=O) groups excluding carboxylic acids is 2. The van der Waals surface area contributed by atoms with Gasteiger partial charge in [-0.2, -0.15) is 0 Å². The average Bonchev–Trinajstić information content (AvgIpc) is 2.66. The molecule has 0 saturated carbocycles. The maximum atomic E-state index is 12.9. The summed E-state index contributed by atoms with van der Waals surface area (Å²) in [5.41, 5.74) is 8.81. The first kappa shape index (κ1) is 19.5. The smallest absolute Gasteiger partial charge is 0.194 e. The lowest BCUT2D eigenvalue weighted by atomic mass is 9.76. The largest absolute Gasteiger partial charge is 0.330 e. The average molecular weight is 364 g/mol. The van der Waals surface area contributed by atoms with E-state index in [1.54, 1.807) is 18.2 Å². The third kappa shape index (κ3) is 3.89. The Morgan fingerprint density at radius 2 is 1.48 bits per heavy atom. The number of hydrogen-bond acceptors (Lipinski definition) is 3. The maximum Gasteiger partial charge on any atom is 0.194 e. The van der Waals surface area contributed by atoms with E-state index in [1.165, 1.54) is 0 Å². The topological polar surface area (TPSA) is 60.2 Å². The molecule has 1 atom stereocenters. The van der Waals surface area contributed by atoms with Gasteiger partial charge in [-0.05, 0) is 48.4 Å². The number of hydrogen-bond donors (Lipinski definition) is 1. The number of nitrogens with two attached hydrogens (primary N) is 1. The molecule has 2 aromatic carbocycles. The van der Waals surface area contributed by atoms with E-state index < -0.39 is 0 Å². The van der Waals surface area contributed by atoms with Crippen LogP contribution in [-0.4, -0.2) is 18.1 Å². The SMILES string of the molecule is CC(CCN)CCCC(C)(C)c1ccc2c(c1)C(=O)c1ccccc1C2=O. The highest BCUT2D eigenvalue weighted by molar-refractivity contribution is 6.28. The van der Waals surface area contributed by atoms with E-state index in [1.807, 2.05) is 24.3 Å². The van der Waals surface area contributed by atoms with Crippen molar-refractivity contribution in [2.24, 2.45) is 11.7 Å². The summed E-state index contributed by atoms with van der Waals surface area (Å²) in [7, 11) is 0. The number of fused-ring (bicyclic) bond motifs is 2. The molecule has 0 saturated heterocycles. The van der Waals surface area contributed by atoms with Crippen LogP contribution in [0, 0.1) is 5.92 Å². The van der Waals surface area contributed by atoms with Crippen LogP contribution in [-0.2, 0) is 5.41 Å². The van der Waals surface area contributed by atoms with Crippen molar-refractivity contribution in [3.8, 4) is 0 Å². The molecule has 27 heavy (non-hydrogen) atoms. The second-order valence-electron chi connectivity index (χ2n) is 8.42. The van der Waals surface area contributed by atoms with Crippen molar-refractivity contribution in [1.82, 2.24) is 0 Å². The van der Waals surface area contributed by atoms with Gasteiger partial charge in [0, 0.05) is 22.3 Å². The predicted octanol–water partition coefficient (Wildman–Crippen LogP) is 4.89. The van der Waals surface area contributed by atoms with E-state index in [0.29, 0.717) is 28.2 Å². The molecule has 0 heterocycles. The third-order valence-electron chi connectivity index (χ3n) is 5.86. The van der Waals surface area contributed by atoms with Crippen molar-refractivity contribution in [2.75, 3.05) is 6.54 Å². The standard InChI is InChI=1S/C24H29NO2/c1-16(12-14-25)7-6-13-24(2,3)17-10-11-20-21(15-17)23(27)19-9-5-4-8-18(19)22(20)26/h4-5,8-11,15-16H,6-7,12-14,25H2,1-3H3. The minimum Gasteiger partial charge on any atom is -0.330 e. The zero-order valence-corrected chi connectivity index (χ0v) is 16.5. The summed E-state index contributed by atoms with van der Waals surface area (Å²) in [6.45, 7) is 7.42. The van der Waals surface area contributed by atoms with Gasteiger partial charge in [-0.15, -0.1) is 0 Å². The highest BCUT2D eigenvalue weighted by atomic mass is 16.1. The molecular weight excluding hydrogens is 334 g/mol. The Labute approximate surface area is 162 Å². The van der Waals surface area contributed by atoms with Crippen molar-refractivity contribution in [3.63, 3.8) is 0 Å². The molecule has 142 valence electrons. The van der Waals surface area contributed by atoms with Crippen LogP contribution in [0.1, 0.15) is 83.9 Å². The van der Waals surface area contributed by atoms with Crippen molar-refractivity contribution < 1.29 is 9.59 Å². The molecule has 1 unspecified atom stereocenters. The molecule has 3 nitrogen and oxygen atoms in total. The molecule has 0 bridgehead atoms. The van der Waals surface area contributed by atoms with Gasteiger partial charge in [-0.3, -0.25) is 9.59 Å². The molecular formula is C24H29NO2. The van der Waals surface area contributed by atoms with E-state index >= 15 is 0 Å². The lowest BCUT2D eigenvalue weighted by Gasteiger charge is -2.28. The summed E-state index contributed by atoms with van der Waals surface area (Å²) in [6, 6.07) is 12.9. The summed E-state index contributed by atoms with van der Waals surface area (Å²) < 4.78 is 0. The normalized spacial score (nSPS) is 14.7. The molecule has 3 heteroatoms. The quantitative estimate of drug-likeness (QED) is 0.650. The zero-order valence-electron chi connectivity index (χ0n) is 16.5. The van der Waals surface area contributed by atoms with Crippen molar-refractivity contribution in [1.29, 1.82) is 0 Å². The first-order valence-electron chi connectivity index (χ1n) is 9.88. The fraction of sp³-hybridized carbons (Fsp3) is 0.417. The van der Waals surface area contributed by atoms with Crippen LogP contribution in [0.2, 0.25) is 0 Å². The Morgan fingerprint density at radius 3 is 2.11 bits per heavy atom. The molecule has 2 N–H and O–H groups in total. The summed E-state index contributed by atoms with van der Waals surface area (Å²) in [5.74, 6) is 0.541. The number of rotatable bonds is 7. The third-order valence-corrected chi connectivity index (χ3v) is 5.86. The molecule has 1 aliphatic rings. The Kier molecular flexibility index (Phi) is 5.61. The number of carbonyl (C=O) groups is 2. The van der Waals surface area contributed by atoms with Gasteiger partial charge in [0.25, 0.3) is 0 Å². The predicted molar refractivity (Wildman–Crippen MR) is 109 cm³/mol. The molecule has 0 amide bonds. The van der Waals surface area contributed by atoms with Gasteiger partial charge in [-0.25, -0.2) is 0 Å². The molecule has 0 fully saturated rings. The van der Waals surface area contributed by atoms with E-state index in [-0.39, 0.29) is 17.0 Å². The van der Waals surface area contributed by atoms with Gasteiger partial charge < -0.3 is 5.73 Å². The summed E-state index contributed by atoms with van der Waals surface area (Å²) in [5, 5.41) is 0. The molecule has 3 rings (SSSR count). The summed E-state index contributed by atoms with van der Waals surface area (Å²) >= 11 is 0. The Morgan fingerprint density at radius 1 is 0.889 bits per heavy atom. The minimum absolute atomic E-state index is 0.0439. The fourth-order valence-corrected chi connectivity index (χ4v) is 3.99. The van der Waals surface area contributed by atoms with Crippen molar-refractivity contribution in [3.05, 3.63) is 70.3 Å². The maximum absolute atomic E-state index is 12.9. The van der Waals surface area contributed by atoms with E-state index in [0.717, 1.165) is 37.8 Å². The van der Waals surface area contributed by atoms with Gasteiger partial charge in [0.15, 0.2) is 11.6 Å². The van der Waals surface area contributed by atoms with Crippen LogP contribution in [0.5, 0.6) is 0 Å². The number of benzene rings is 2. The Hall–Kier alpha value is -2.26. The molecule has 1 aliphatic carbocycles. The molecule has 0 radical (unpaired) electrons. The zero-order chi connectivity index (χ0) is 19.6. The molecule has 0 aromatic heterocycles. The summed E-state index contributed by atoms with van der Waals surface area (Å²) in [6.07, 6.45) is 4.39. The fourth-order valence-electron chi connectivity index (χ4n) is 3.99. The van der Waals surface area contributed by atoms with Crippen LogP contribution in [0.15, 0.2) is 42.5 Å². The van der Waals surface area contributed by atoms with Crippen LogP contribution in [0.25, 0.3) is 0 Å². The highest BCUT2D eigenvalue weighted by Gasteiger charge is 2.31. The number of ketones is 2. The van der Waals surface area contributed by atoms with Crippen LogP contribution in [0.3, 0.4) is 0 Å².